The molecule has 0 aliphatic rings. The maximum atomic E-state index is 12.2. The zero-order valence-electron chi connectivity index (χ0n) is 12.1. The maximum absolute atomic E-state index is 12.2. The molecule has 3 N–H and O–H groups in total. The van der Waals surface area contributed by atoms with Gasteiger partial charge in [0.1, 0.15) is 0 Å². The molecular weight excluding hydrogens is 266 g/mol. The Hall–Kier alpha value is -2.58. The maximum Gasteiger partial charge on any atom is 0.251 e. The van der Waals surface area contributed by atoms with E-state index in [0.717, 1.165) is 16.8 Å². The second-order valence-corrected chi connectivity index (χ2v) is 4.71. The van der Waals surface area contributed by atoms with Crippen LogP contribution >= 0.6 is 0 Å². The average molecular weight is 283 g/mol. The Bertz CT molecular complexity index is 708. The Morgan fingerprint density at radius 2 is 2.14 bits per heavy atom. The van der Waals surface area contributed by atoms with Crippen molar-refractivity contribution in [3.63, 3.8) is 0 Å². The Labute approximate surface area is 123 Å². The second-order valence-electron chi connectivity index (χ2n) is 4.71. The third-order valence-corrected chi connectivity index (χ3v) is 2.77. The first kappa shape index (κ1) is 14.8. The fourth-order valence-corrected chi connectivity index (χ4v) is 1.91. The highest BCUT2D eigenvalue weighted by Gasteiger charge is 2.08. The Morgan fingerprint density at radius 3 is 2.81 bits per heavy atom. The van der Waals surface area contributed by atoms with Crippen molar-refractivity contribution >= 4 is 5.91 Å². The molecule has 2 aromatic rings. The van der Waals surface area contributed by atoms with Gasteiger partial charge in [0.05, 0.1) is 18.8 Å². The molecule has 1 heterocycles. The second kappa shape index (κ2) is 6.73. The molecule has 0 aliphatic carbocycles. The zero-order valence-corrected chi connectivity index (χ0v) is 12.1. The lowest BCUT2D eigenvalue weighted by atomic mass is 10.1. The van der Waals surface area contributed by atoms with E-state index in [1.54, 1.807) is 12.1 Å². The minimum atomic E-state index is -0.177. The summed E-state index contributed by atoms with van der Waals surface area (Å²) in [5, 5.41) is 6.57. The van der Waals surface area contributed by atoms with E-state index in [0.29, 0.717) is 24.4 Å². The number of rotatable bonds is 3. The molecule has 0 fully saturated rings. The number of aryl methyl sites for hydroxylation is 2. The smallest absolute Gasteiger partial charge is 0.251 e. The average Bonchev–Trinajstić information content (AvgIpc) is 2.87. The van der Waals surface area contributed by atoms with Crippen LogP contribution in [-0.2, 0) is 6.54 Å². The summed E-state index contributed by atoms with van der Waals surface area (Å²) < 4.78 is 5.05. The van der Waals surface area contributed by atoms with E-state index in [1.165, 1.54) is 0 Å². The summed E-state index contributed by atoms with van der Waals surface area (Å²) in [6, 6.07) is 7.26. The number of nitrogens with one attached hydrogen (secondary N) is 1. The monoisotopic (exact) mass is 283 g/mol. The topological polar surface area (TPSA) is 81.2 Å². The van der Waals surface area contributed by atoms with E-state index in [1.807, 2.05) is 26.0 Å². The number of hydrogen-bond acceptors (Lipinski definition) is 4. The summed E-state index contributed by atoms with van der Waals surface area (Å²) in [4.78, 5) is 12.2. The fourth-order valence-electron chi connectivity index (χ4n) is 1.91. The van der Waals surface area contributed by atoms with Crippen molar-refractivity contribution in [3.8, 4) is 11.8 Å². The summed E-state index contributed by atoms with van der Waals surface area (Å²) in [5.41, 5.74) is 8.46. The van der Waals surface area contributed by atoms with Crippen molar-refractivity contribution in [2.45, 2.75) is 20.4 Å². The molecule has 5 nitrogen and oxygen atoms in total. The quantitative estimate of drug-likeness (QED) is 0.837. The predicted molar refractivity (Wildman–Crippen MR) is 79.5 cm³/mol. The number of nitrogens with zero attached hydrogens (tertiary/aromatic N) is 1. The molecule has 21 heavy (non-hydrogen) atoms. The first-order valence-corrected chi connectivity index (χ1v) is 6.59. The van der Waals surface area contributed by atoms with Gasteiger partial charge in [0.15, 0.2) is 5.76 Å². The van der Waals surface area contributed by atoms with Crippen LogP contribution in [0.1, 0.15) is 32.9 Å². The van der Waals surface area contributed by atoms with Gasteiger partial charge in [0.25, 0.3) is 5.91 Å². The van der Waals surface area contributed by atoms with Crippen LogP contribution in [0.15, 0.2) is 28.8 Å². The summed E-state index contributed by atoms with van der Waals surface area (Å²) >= 11 is 0. The molecule has 0 saturated carbocycles. The first-order valence-electron chi connectivity index (χ1n) is 6.59. The molecule has 1 aromatic heterocycles. The van der Waals surface area contributed by atoms with Gasteiger partial charge in [0, 0.05) is 17.2 Å². The molecule has 0 atom stereocenters. The molecule has 0 saturated heterocycles. The van der Waals surface area contributed by atoms with Crippen LogP contribution in [0.25, 0.3) is 0 Å². The van der Waals surface area contributed by atoms with Crippen LogP contribution in [0.5, 0.6) is 0 Å². The van der Waals surface area contributed by atoms with Crippen LogP contribution in [0, 0.1) is 25.7 Å². The molecule has 5 heteroatoms. The van der Waals surface area contributed by atoms with Gasteiger partial charge in [-0.1, -0.05) is 17.0 Å². The molecule has 0 bridgehead atoms. The van der Waals surface area contributed by atoms with Gasteiger partial charge in [-0.25, -0.2) is 0 Å². The minimum absolute atomic E-state index is 0.177. The van der Waals surface area contributed by atoms with Gasteiger partial charge in [-0.05, 0) is 37.6 Å². The number of aromatic nitrogens is 1. The van der Waals surface area contributed by atoms with E-state index in [2.05, 4.69) is 22.3 Å². The van der Waals surface area contributed by atoms with Crippen molar-refractivity contribution in [1.29, 1.82) is 0 Å². The van der Waals surface area contributed by atoms with Gasteiger partial charge in [-0.15, -0.1) is 0 Å². The highest BCUT2D eigenvalue weighted by Crippen LogP contribution is 2.10. The molecule has 1 aromatic carbocycles. The van der Waals surface area contributed by atoms with Crippen molar-refractivity contribution in [2.75, 3.05) is 6.54 Å². The van der Waals surface area contributed by atoms with Gasteiger partial charge in [0.2, 0.25) is 0 Å². The summed E-state index contributed by atoms with van der Waals surface area (Å²) in [6.07, 6.45) is 0. The first-order chi connectivity index (χ1) is 10.1. The number of benzene rings is 1. The summed E-state index contributed by atoms with van der Waals surface area (Å²) in [6.45, 7) is 4.35. The lowest BCUT2D eigenvalue weighted by Crippen LogP contribution is -2.22. The number of amides is 1. The van der Waals surface area contributed by atoms with Crippen LogP contribution < -0.4 is 11.1 Å². The van der Waals surface area contributed by atoms with E-state index < -0.39 is 0 Å². The number of hydrogen-bond donors (Lipinski definition) is 2. The van der Waals surface area contributed by atoms with Gasteiger partial charge in [-0.3, -0.25) is 4.79 Å². The fraction of sp³-hybridized carbons (Fsp3) is 0.250. The third kappa shape index (κ3) is 4.20. The molecule has 2 rings (SSSR count). The predicted octanol–water partition coefficient (Wildman–Crippen LogP) is 1.53. The van der Waals surface area contributed by atoms with E-state index in [4.69, 9.17) is 10.3 Å². The van der Waals surface area contributed by atoms with Crippen molar-refractivity contribution < 1.29 is 9.32 Å². The van der Waals surface area contributed by atoms with Gasteiger partial charge in [-0.2, -0.15) is 0 Å². The highest BCUT2D eigenvalue weighted by atomic mass is 16.5. The number of nitrogens with two attached hydrogens (primary N) is 1. The molecule has 0 aliphatic heterocycles. The van der Waals surface area contributed by atoms with Crippen LogP contribution in [-0.4, -0.2) is 17.6 Å². The molecule has 0 spiro atoms. The van der Waals surface area contributed by atoms with E-state index in [9.17, 15) is 4.79 Å². The lowest BCUT2D eigenvalue weighted by molar-refractivity contribution is 0.0947. The standard InChI is InChI=1S/C16H17N3O2/c1-11-6-13(4-3-5-17)9-14(7-11)16(20)18-10-15-8-12(2)19-21-15/h6-9H,5,10,17H2,1-2H3,(H,18,20). The summed E-state index contributed by atoms with van der Waals surface area (Å²) in [7, 11) is 0. The third-order valence-electron chi connectivity index (χ3n) is 2.77. The van der Waals surface area contributed by atoms with E-state index >= 15 is 0 Å². The van der Waals surface area contributed by atoms with Gasteiger partial charge < -0.3 is 15.6 Å². The Morgan fingerprint density at radius 1 is 1.33 bits per heavy atom. The SMILES string of the molecule is Cc1cc(C#CCN)cc(C(=O)NCc2cc(C)no2)c1. The van der Waals surface area contributed by atoms with Crippen molar-refractivity contribution in [1.82, 2.24) is 10.5 Å². The minimum Gasteiger partial charge on any atom is -0.359 e. The number of carbonyl (C=O) groups is 1. The van der Waals surface area contributed by atoms with Gasteiger partial charge >= 0.3 is 0 Å². The molecular formula is C16H17N3O2. The van der Waals surface area contributed by atoms with Crippen molar-refractivity contribution in [3.05, 3.63) is 52.4 Å². The molecule has 108 valence electrons. The lowest BCUT2D eigenvalue weighted by Gasteiger charge is -2.05. The van der Waals surface area contributed by atoms with Crippen LogP contribution in [0.2, 0.25) is 0 Å². The zero-order chi connectivity index (χ0) is 15.2. The highest BCUT2D eigenvalue weighted by molar-refractivity contribution is 5.94. The normalized spacial score (nSPS) is 9.86. The van der Waals surface area contributed by atoms with Crippen LogP contribution in [0.4, 0.5) is 0 Å². The Kier molecular flexibility index (Phi) is 4.75. The van der Waals surface area contributed by atoms with Crippen molar-refractivity contribution in [2.24, 2.45) is 5.73 Å². The largest absolute Gasteiger partial charge is 0.359 e. The molecule has 1 amide bonds. The molecule has 0 radical (unpaired) electrons. The summed E-state index contributed by atoms with van der Waals surface area (Å²) in [5.74, 6) is 6.16. The molecule has 0 unspecified atom stereocenters. The van der Waals surface area contributed by atoms with E-state index in [-0.39, 0.29) is 5.91 Å². The van der Waals surface area contributed by atoms with Crippen LogP contribution in [0.3, 0.4) is 0 Å². The Balaban J connectivity index is 2.09. The number of carbonyl (C=O) groups excluding carboxylic acids is 1.